The Labute approximate surface area is 196 Å². The molecule has 1 rings (SSSR count). The van der Waals surface area contributed by atoms with E-state index < -0.39 is 55.4 Å². The SMILES string of the molecule is CCCCCCCC(=O)OC(COC(=O)CCCCC)COC1OC(CO)C(O)C(O)C1O. The van der Waals surface area contributed by atoms with Gasteiger partial charge in [-0.05, 0) is 12.8 Å². The first-order chi connectivity index (χ1) is 15.8. The van der Waals surface area contributed by atoms with Crippen LogP contribution in [0.15, 0.2) is 0 Å². The van der Waals surface area contributed by atoms with E-state index in [9.17, 15) is 30.0 Å². The topological polar surface area (TPSA) is 152 Å². The smallest absolute Gasteiger partial charge is 0.306 e. The van der Waals surface area contributed by atoms with Crippen molar-refractivity contribution in [1.29, 1.82) is 0 Å². The Balaban J connectivity index is 2.60. The molecule has 6 unspecified atom stereocenters. The molecule has 1 aliphatic heterocycles. The molecule has 0 amide bonds. The molecule has 10 nitrogen and oxygen atoms in total. The number of unbranched alkanes of at least 4 members (excludes halogenated alkanes) is 6. The van der Waals surface area contributed by atoms with E-state index in [-0.39, 0.29) is 26.1 Å². The molecule has 6 atom stereocenters. The molecule has 0 aromatic rings. The predicted molar refractivity (Wildman–Crippen MR) is 118 cm³/mol. The van der Waals surface area contributed by atoms with Crippen molar-refractivity contribution in [3.05, 3.63) is 0 Å². The Morgan fingerprint density at radius 3 is 2.09 bits per heavy atom. The number of hydrogen-bond donors (Lipinski definition) is 4. The Kier molecular flexibility index (Phi) is 15.5. The minimum atomic E-state index is -1.58. The van der Waals surface area contributed by atoms with E-state index >= 15 is 0 Å². The maximum atomic E-state index is 12.2. The molecule has 1 aliphatic rings. The fraction of sp³-hybridized carbons (Fsp3) is 0.913. The van der Waals surface area contributed by atoms with Crippen LogP contribution in [-0.2, 0) is 28.5 Å². The lowest BCUT2D eigenvalue weighted by Crippen LogP contribution is -2.59. The molecule has 33 heavy (non-hydrogen) atoms. The summed E-state index contributed by atoms with van der Waals surface area (Å²) in [5.41, 5.74) is 0. The molecule has 194 valence electrons. The van der Waals surface area contributed by atoms with Crippen molar-refractivity contribution in [2.45, 2.75) is 115 Å². The summed E-state index contributed by atoms with van der Waals surface area (Å²) in [6.45, 7) is 3.06. The van der Waals surface area contributed by atoms with E-state index in [4.69, 9.17) is 18.9 Å². The molecule has 1 heterocycles. The molecular weight excluding hydrogens is 436 g/mol. The fourth-order valence-electron chi connectivity index (χ4n) is 3.42. The summed E-state index contributed by atoms with van der Waals surface area (Å²) in [5.74, 6) is -0.854. The summed E-state index contributed by atoms with van der Waals surface area (Å²) in [7, 11) is 0. The second-order valence-corrected chi connectivity index (χ2v) is 8.45. The van der Waals surface area contributed by atoms with Crippen molar-refractivity contribution in [1.82, 2.24) is 0 Å². The summed E-state index contributed by atoms with van der Waals surface area (Å²) in [6, 6.07) is 0. The van der Waals surface area contributed by atoms with Gasteiger partial charge in [0.1, 0.15) is 31.0 Å². The number of carbonyl (C=O) groups is 2. The van der Waals surface area contributed by atoms with E-state index in [0.29, 0.717) is 12.8 Å². The molecular formula is C23H42O10. The van der Waals surface area contributed by atoms with Gasteiger partial charge in [0.05, 0.1) is 13.2 Å². The summed E-state index contributed by atoms with van der Waals surface area (Å²) in [4.78, 5) is 24.2. The molecule has 0 saturated carbocycles. The maximum Gasteiger partial charge on any atom is 0.306 e. The summed E-state index contributed by atoms with van der Waals surface area (Å²) < 4.78 is 21.4. The molecule has 0 bridgehead atoms. The first kappa shape index (κ1) is 29.7. The fourth-order valence-corrected chi connectivity index (χ4v) is 3.42. The van der Waals surface area contributed by atoms with Crippen molar-refractivity contribution in [2.75, 3.05) is 19.8 Å². The lowest BCUT2D eigenvalue weighted by molar-refractivity contribution is -0.305. The van der Waals surface area contributed by atoms with Crippen molar-refractivity contribution in [2.24, 2.45) is 0 Å². The van der Waals surface area contributed by atoms with Crippen LogP contribution in [0.3, 0.4) is 0 Å². The first-order valence-corrected chi connectivity index (χ1v) is 12.1. The number of esters is 2. The zero-order valence-electron chi connectivity index (χ0n) is 19.9. The molecule has 4 N–H and O–H groups in total. The monoisotopic (exact) mass is 478 g/mol. The van der Waals surface area contributed by atoms with E-state index in [1.165, 1.54) is 0 Å². The summed E-state index contributed by atoms with van der Waals surface area (Å²) in [5, 5.41) is 39.2. The maximum absolute atomic E-state index is 12.2. The largest absolute Gasteiger partial charge is 0.462 e. The van der Waals surface area contributed by atoms with Gasteiger partial charge in [0.15, 0.2) is 12.4 Å². The summed E-state index contributed by atoms with van der Waals surface area (Å²) in [6.07, 6.45) is -0.135. The highest BCUT2D eigenvalue weighted by atomic mass is 16.7. The van der Waals surface area contributed by atoms with Crippen molar-refractivity contribution in [3.8, 4) is 0 Å². The van der Waals surface area contributed by atoms with E-state index in [0.717, 1.165) is 38.5 Å². The van der Waals surface area contributed by atoms with Crippen LogP contribution in [0.25, 0.3) is 0 Å². The Morgan fingerprint density at radius 1 is 0.818 bits per heavy atom. The van der Waals surface area contributed by atoms with Crippen LogP contribution in [0.1, 0.15) is 78.1 Å². The van der Waals surface area contributed by atoms with Gasteiger partial charge in [-0.2, -0.15) is 0 Å². The second kappa shape index (κ2) is 17.2. The van der Waals surface area contributed by atoms with Crippen LogP contribution >= 0.6 is 0 Å². The average molecular weight is 479 g/mol. The number of ether oxygens (including phenoxy) is 4. The van der Waals surface area contributed by atoms with Crippen molar-refractivity contribution in [3.63, 3.8) is 0 Å². The molecule has 10 heteroatoms. The lowest BCUT2D eigenvalue weighted by Gasteiger charge is -2.39. The van der Waals surface area contributed by atoms with Gasteiger partial charge < -0.3 is 39.4 Å². The number of carbonyl (C=O) groups excluding carboxylic acids is 2. The van der Waals surface area contributed by atoms with Gasteiger partial charge in [-0.3, -0.25) is 9.59 Å². The highest BCUT2D eigenvalue weighted by Gasteiger charge is 2.44. The van der Waals surface area contributed by atoms with E-state index in [2.05, 4.69) is 6.92 Å². The molecule has 1 saturated heterocycles. The number of hydrogen-bond acceptors (Lipinski definition) is 10. The van der Waals surface area contributed by atoms with Gasteiger partial charge >= 0.3 is 11.9 Å². The van der Waals surface area contributed by atoms with Crippen LogP contribution in [0, 0.1) is 0 Å². The highest BCUT2D eigenvalue weighted by Crippen LogP contribution is 2.22. The second-order valence-electron chi connectivity index (χ2n) is 8.45. The molecule has 0 aromatic heterocycles. The number of aliphatic hydroxyl groups is 4. The van der Waals surface area contributed by atoms with Crippen molar-refractivity contribution < 1.29 is 49.0 Å². The van der Waals surface area contributed by atoms with Gasteiger partial charge in [0, 0.05) is 12.8 Å². The normalized spacial score (nSPS) is 26.1. The van der Waals surface area contributed by atoms with Crippen LogP contribution in [0.4, 0.5) is 0 Å². The van der Waals surface area contributed by atoms with Gasteiger partial charge in [-0.25, -0.2) is 0 Å². The van der Waals surface area contributed by atoms with Crippen LogP contribution in [-0.4, -0.2) is 89.0 Å². The molecule has 0 spiro atoms. The molecule has 0 aromatic carbocycles. The zero-order chi connectivity index (χ0) is 24.6. The molecule has 0 aliphatic carbocycles. The average Bonchev–Trinajstić information content (AvgIpc) is 2.80. The van der Waals surface area contributed by atoms with Gasteiger partial charge in [0.2, 0.25) is 0 Å². The Hall–Kier alpha value is -1.30. The predicted octanol–water partition coefficient (Wildman–Crippen LogP) is 1.20. The first-order valence-electron chi connectivity index (χ1n) is 12.1. The van der Waals surface area contributed by atoms with Crippen molar-refractivity contribution >= 4 is 11.9 Å². The zero-order valence-corrected chi connectivity index (χ0v) is 19.9. The Morgan fingerprint density at radius 2 is 1.42 bits per heavy atom. The van der Waals surface area contributed by atoms with E-state index in [1.54, 1.807) is 0 Å². The van der Waals surface area contributed by atoms with E-state index in [1.807, 2.05) is 6.92 Å². The van der Waals surface area contributed by atoms with Crippen LogP contribution in [0.5, 0.6) is 0 Å². The Bertz CT molecular complexity index is 541. The lowest BCUT2D eigenvalue weighted by atomic mass is 9.99. The number of aliphatic hydroxyl groups excluding tert-OH is 4. The van der Waals surface area contributed by atoms with Gasteiger partial charge in [0.25, 0.3) is 0 Å². The highest BCUT2D eigenvalue weighted by molar-refractivity contribution is 5.70. The van der Waals surface area contributed by atoms with Crippen LogP contribution < -0.4 is 0 Å². The minimum Gasteiger partial charge on any atom is -0.462 e. The minimum absolute atomic E-state index is 0.218. The molecule has 1 fully saturated rings. The van der Waals surface area contributed by atoms with Gasteiger partial charge in [-0.15, -0.1) is 0 Å². The quantitative estimate of drug-likeness (QED) is 0.177. The standard InChI is InChI=1S/C23H42O10/c1-3-5-7-8-10-12-19(26)32-16(14-30-18(25)11-9-6-4-2)15-31-23-22(29)21(28)20(27)17(13-24)33-23/h16-17,20-24,27-29H,3-15H2,1-2H3. The third-order valence-corrected chi connectivity index (χ3v) is 5.49. The third-order valence-electron chi connectivity index (χ3n) is 5.49. The van der Waals surface area contributed by atoms with Crippen LogP contribution in [0.2, 0.25) is 0 Å². The number of rotatable bonds is 17. The summed E-state index contributed by atoms with van der Waals surface area (Å²) >= 11 is 0. The third kappa shape index (κ3) is 11.6. The molecule has 0 radical (unpaired) electrons. The van der Waals surface area contributed by atoms with Gasteiger partial charge in [-0.1, -0.05) is 52.4 Å².